The predicted molar refractivity (Wildman–Crippen MR) is 131 cm³/mol. The molecule has 4 atom stereocenters. The number of hydrogen-bond donors (Lipinski definition) is 6. The Labute approximate surface area is 201 Å². The summed E-state index contributed by atoms with van der Waals surface area (Å²) in [4.78, 5) is 13.8. The molecule has 6 N–H and O–H groups in total. The summed E-state index contributed by atoms with van der Waals surface area (Å²) >= 11 is 1.49. The zero-order valence-electron chi connectivity index (χ0n) is 18.8. The van der Waals surface area contributed by atoms with Gasteiger partial charge in [-0.1, -0.05) is 12.1 Å². The van der Waals surface area contributed by atoms with E-state index >= 15 is 0 Å². The highest BCUT2D eigenvalue weighted by Gasteiger charge is 2.41. The molecule has 1 aromatic carbocycles. The number of para-hydroxylation sites is 1. The van der Waals surface area contributed by atoms with Gasteiger partial charge >= 0.3 is 0 Å². The molecule has 0 saturated heterocycles. The standard InChI is InChI=1S/C21H28N6O5S2/c1-11-16(20-26-13-5-3-4-6-15(13)33-20)19(25-14-9-12(10-28)17(29)18(14)30)27-21(24-11)22-7-8-23-34(2,31)32/h3-6,12,14,17-18,23,28-30H,7-10H2,1-2H3,(H2,22,24,25,27)/t12-,14-,17-,18+/m1/s1. The van der Waals surface area contributed by atoms with Crippen molar-refractivity contribution in [3.05, 3.63) is 30.0 Å². The maximum atomic E-state index is 11.3. The fraction of sp³-hybridized carbons (Fsp3) is 0.476. The zero-order chi connectivity index (χ0) is 24.5. The van der Waals surface area contributed by atoms with Gasteiger partial charge in [0.1, 0.15) is 16.9 Å². The van der Waals surface area contributed by atoms with Crippen LogP contribution in [0.15, 0.2) is 24.3 Å². The first-order valence-corrected chi connectivity index (χ1v) is 13.5. The SMILES string of the molecule is Cc1nc(NCCNS(C)(=O)=O)nc(N[C@@H]2C[C@H](CO)[C@@H](O)[C@H]2O)c1-c1nc2ccccc2s1. The molecule has 11 nitrogen and oxygen atoms in total. The number of anilines is 2. The molecular weight excluding hydrogens is 480 g/mol. The van der Waals surface area contributed by atoms with Crippen LogP contribution in [-0.4, -0.2) is 82.9 Å². The number of rotatable bonds is 9. The quantitative estimate of drug-likeness (QED) is 0.224. The first kappa shape index (κ1) is 24.7. The molecule has 0 radical (unpaired) electrons. The topological polar surface area (TPSA) is 170 Å². The molecule has 1 aliphatic carbocycles. The highest BCUT2D eigenvalue weighted by molar-refractivity contribution is 7.88. The van der Waals surface area contributed by atoms with Crippen molar-refractivity contribution >= 4 is 43.3 Å². The molecule has 0 unspecified atom stereocenters. The van der Waals surface area contributed by atoms with Gasteiger partial charge in [-0.15, -0.1) is 11.3 Å². The lowest BCUT2D eigenvalue weighted by Crippen LogP contribution is -2.36. The maximum absolute atomic E-state index is 11.3. The monoisotopic (exact) mass is 508 g/mol. The molecule has 0 aliphatic heterocycles. The number of hydrogen-bond acceptors (Lipinski definition) is 11. The van der Waals surface area contributed by atoms with Gasteiger partial charge in [0.2, 0.25) is 16.0 Å². The number of thiazole rings is 1. The smallest absolute Gasteiger partial charge is 0.224 e. The molecule has 0 bridgehead atoms. The van der Waals surface area contributed by atoms with Gasteiger partial charge in [0.25, 0.3) is 0 Å². The molecule has 1 aliphatic rings. The van der Waals surface area contributed by atoms with Crippen LogP contribution >= 0.6 is 11.3 Å². The van der Waals surface area contributed by atoms with Crippen LogP contribution in [0.25, 0.3) is 20.8 Å². The van der Waals surface area contributed by atoms with E-state index in [9.17, 15) is 23.7 Å². The normalized spacial score (nSPS) is 22.9. The van der Waals surface area contributed by atoms with E-state index in [2.05, 4.69) is 25.3 Å². The van der Waals surface area contributed by atoms with E-state index < -0.39 is 34.2 Å². The van der Waals surface area contributed by atoms with Crippen molar-refractivity contribution in [3.63, 3.8) is 0 Å². The van der Waals surface area contributed by atoms with Gasteiger partial charge in [0.15, 0.2) is 0 Å². The molecular formula is C21H28N6O5S2. The van der Waals surface area contributed by atoms with Crippen LogP contribution in [0.5, 0.6) is 0 Å². The van der Waals surface area contributed by atoms with Crippen molar-refractivity contribution < 1.29 is 23.7 Å². The van der Waals surface area contributed by atoms with Crippen molar-refractivity contribution in [3.8, 4) is 10.6 Å². The van der Waals surface area contributed by atoms with E-state index in [-0.39, 0.29) is 25.6 Å². The third-order valence-corrected chi connectivity index (χ3v) is 7.51. The highest BCUT2D eigenvalue weighted by atomic mass is 32.2. The molecule has 0 amide bonds. The van der Waals surface area contributed by atoms with Gasteiger partial charge in [0, 0.05) is 25.6 Å². The lowest BCUT2D eigenvalue weighted by atomic mass is 10.1. The molecule has 184 valence electrons. The van der Waals surface area contributed by atoms with E-state index in [0.717, 1.165) is 16.5 Å². The summed E-state index contributed by atoms with van der Waals surface area (Å²) in [6, 6.07) is 7.22. The Hall–Kier alpha value is -2.42. The lowest BCUT2D eigenvalue weighted by molar-refractivity contribution is 0.00446. The van der Waals surface area contributed by atoms with Crippen LogP contribution < -0.4 is 15.4 Å². The average molecular weight is 509 g/mol. The highest BCUT2D eigenvalue weighted by Crippen LogP contribution is 2.38. The van der Waals surface area contributed by atoms with E-state index in [1.54, 1.807) is 0 Å². The number of nitrogens with one attached hydrogen (secondary N) is 3. The van der Waals surface area contributed by atoms with E-state index in [0.29, 0.717) is 28.5 Å². The molecule has 0 spiro atoms. The summed E-state index contributed by atoms with van der Waals surface area (Å²) in [6.45, 7) is 2.02. The Morgan fingerprint density at radius 1 is 1.12 bits per heavy atom. The second-order valence-electron chi connectivity index (χ2n) is 8.35. The molecule has 2 aromatic heterocycles. The molecule has 34 heavy (non-hydrogen) atoms. The number of aromatic nitrogens is 3. The molecule has 4 rings (SSSR count). The fourth-order valence-electron chi connectivity index (χ4n) is 4.03. The second kappa shape index (κ2) is 10.1. The summed E-state index contributed by atoms with van der Waals surface area (Å²) in [7, 11) is -3.31. The van der Waals surface area contributed by atoms with E-state index in [1.165, 1.54) is 11.3 Å². The van der Waals surface area contributed by atoms with Crippen molar-refractivity contribution in [2.45, 2.75) is 31.6 Å². The average Bonchev–Trinajstić information content (AvgIpc) is 3.32. The van der Waals surface area contributed by atoms with E-state index in [4.69, 9.17) is 4.98 Å². The zero-order valence-corrected chi connectivity index (χ0v) is 20.4. The van der Waals surface area contributed by atoms with Crippen LogP contribution in [-0.2, 0) is 10.0 Å². The summed E-state index contributed by atoms with van der Waals surface area (Å²) in [6.07, 6.45) is -0.673. The van der Waals surface area contributed by atoms with Gasteiger partial charge < -0.3 is 26.0 Å². The number of nitrogens with zero attached hydrogens (tertiary/aromatic N) is 3. The maximum Gasteiger partial charge on any atom is 0.224 e. The van der Waals surface area contributed by atoms with Gasteiger partial charge in [-0.05, 0) is 25.5 Å². The van der Waals surface area contributed by atoms with Gasteiger partial charge in [-0.2, -0.15) is 4.98 Å². The largest absolute Gasteiger partial charge is 0.396 e. The number of aryl methyl sites for hydroxylation is 1. The van der Waals surface area contributed by atoms with Crippen LogP contribution in [0.1, 0.15) is 12.1 Å². The van der Waals surface area contributed by atoms with Crippen LogP contribution in [0.4, 0.5) is 11.8 Å². The summed E-state index contributed by atoms with van der Waals surface area (Å²) in [5, 5.41) is 37.2. The first-order chi connectivity index (χ1) is 16.2. The third kappa shape index (κ3) is 5.45. The Balaban J connectivity index is 1.66. The summed E-state index contributed by atoms with van der Waals surface area (Å²) in [5.41, 5.74) is 2.16. The third-order valence-electron chi connectivity index (χ3n) is 5.73. The van der Waals surface area contributed by atoms with Crippen molar-refractivity contribution in [2.24, 2.45) is 5.92 Å². The van der Waals surface area contributed by atoms with Crippen LogP contribution in [0.3, 0.4) is 0 Å². The number of sulfonamides is 1. The van der Waals surface area contributed by atoms with Gasteiger partial charge in [-0.25, -0.2) is 23.1 Å². The summed E-state index contributed by atoms with van der Waals surface area (Å²) in [5.74, 6) is 0.271. The van der Waals surface area contributed by atoms with Crippen LogP contribution in [0.2, 0.25) is 0 Å². The fourth-order valence-corrected chi connectivity index (χ4v) is 5.56. The first-order valence-electron chi connectivity index (χ1n) is 10.8. The minimum atomic E-state index is -3.31. The Bertz CT molecular complexity index is 1230. The minimum Gasteiger partial charge on any atom is -0.396 e. The van der Waals surface area contributed by atoms with Crippen LogP contribution in [0, 0.1) is 12.8 Å². The molecule has 1 fully saturated rings. The Morgan fingerprint density at radius 3 is 2.56 bits per heavy atom. The number of benzene rings is 1. The number of fused-ring (bicyclic) bond motifs is 1. The van der Waals surface area contributed by atoms with Crippen molar-refractivity contribution in [1.29, 1.82) is 0 Å². The second-order valence-corrected chi connectivity index (χ2v) is 11.2. The minimum absolute atomic E-state index is 0.162. The lowest BCUT2D eigenvalue weighted by Gasteiger charge is -2.21. The number of aliphatic hydroxyl groups is 3. The van der Waals surface area contributed by atoms with Crippen molar-refractivity contribution in [1.82, 2.24) is 19.7 Å². The predicted octanol–water partition coefficient (Wildman–Crippen LogP) is 0.537. The van der Waals surface area contributed by atoms with E-state index in [1.807, 2.05) is 31.2 Å². The molecule has 2 heterocycles. The molecule has 3 aromatic rings. The molecule has 13 heteroatoms. The van der Waals surface area contributed by atoms with Crippen molar-refractivity contribution in [2.75, 3.05) is 36.6 Å². The Kier molecular flexibility index (Phi) is 7.31. The number of aliphatic hydroxyl groups excluding tert-OH is 3. The van der Waals surface area contributed by atoms with Gasteiger partial charge in [-0.3, -0.25) is 0 Å². The van der Waals surface area contributed by atoms with Gasteiger partial charge in [0.05, 0.1) is 39.9 Å². The Morgan fingerprint density at radius 2 is 1.88 bits per heavy atom. The molecule has 1 saturated carbocycles. The summed E-state index contributed by atoms with van der Waals surface area (Å²) < 4.78 is 26.0.